The Morgan fingerprint density at radius 3 is 1.62 bits per heavy atom. The van der Waals surface area contributed by atoms with Crippen molar-refractivity contribution in [2.75, 3.05) is 11.5 Å². The first-order chi connectivity index (χ1) is 11.7. The van der Waals surface area contributed by atoms with Gasteiger partial charge >= 0.3 is 0 Å². The fourth-order valence-corrected chi connectivity index (χ4v) is 2.86. The zero-order valence-electron chi connectivity index (χ0n) is 15.2. The molecule has 3 heteroatoms. The molecule has 0 rings (SSSR count). The van der Waals surface area contributed by atoms with Gasteiger partial charge < -0.3 is 4.55 Å². The molecule has 0 saturated carbocycles. The number of ketones is 1. The minimum Gasteiger partial charge on any atom is -0.616 e. The maximum Gasteiger partial charge on any atom is 0.178 e. The molecule has 0 aromatic heterocycles. The van der Waals surface area contributed by atoms with Gasteiger partial charge in [0.1, 0.15) is 5.75 Å². The molecule has 1 unspecified atom stereocenters. The van der Waals surface area contributed by atoms with E-state index in [-0.39, 0.29) is 11.5 Å². The first kappa shape index (κ1) is 22.7. The molecular formula is C21H32O2S. The maximum absolute atomic E-state index is 11.4. The Morgan fingerprint density at radius 2 is 1.21 bits per heavy atom. The summed E-state index contributed by atoms with van der Waals surface area (Å²) in [5, 5.41) is 0. The van der Waals surface area contributed by atoms with E-state index in [0.717, 1.165) is 38.5 Å². The van der Waals surface area contributed by atoms with E-state index >= 15 is 0 Å². The topological polar surface area (TPSA) is 40.1 Å². The lowest BCUT2D eigenvalue weighted by Crippen LogP contribution is -2.16. The summed E-state index contributed by atoms with van der Waals surface area (Å²) in [4.78, 5) is 10.8. The molecule has 0 aromatic rings. The van der Waals surface area contributed by atoms with Gasteiger partial charge in [-0.3, -0.25) is 4.79 Å². The fraction of sp³-hybridized carbons (Fsp3) is 0.476. The number of allylic oxidation sites excluding steroid dienone is 10. The summed E-state index contributed by atoms with van der Waals surface area (Å²) in [5.74, 6) is 0.756. The molecule has 134 valence electrons. The minimum atomic E-state index is -1.00. The number of carbonyl (C=O) groups excluding carboxylic acids is 1. The first-order valence-electron chi connectivity index (χ1n) is 8.76. The van der Waals surface area contributed by atoms with Gasteiger partial charge in [0.2, 0.25) is 0 Å². The largest absolute Gasteiger partial charge is 0.616 e. The molecule has 0 N–H and O–H groups in total. The number of carbonyl (C=O) groups is 1. The lowest BCUT2D eigenvalue weighted by Gasteiger charge is -2.06. The standard InChI is InChI=1S/C21H32O2S/c1-3-4-5-6-7-8-9-10-11-12-13-14-15-16-17-18-19-24(23)20-21(2)22/h4-5,7-8,10-11,13-14,16-17H,3,6,9,12,15,18-20H2,1-2H3/b5-4-,8-7-,11-10-,14-13-,17-16-. The lowest BCUT2D eigenvalue weighted by molar-refractivity contribution is -0.114. The van der Waals surface area contributed by atoms with E-state index < -0.39 is 11.2 Å². The molecule has 0 fully saturated rings. The van der Waals surface area contributed by atoms with Crippen molar-refractivity contribution < 1.29 is 9.35 Å². The molecule has 0 amide bonds. The normalized spacial score (nSPS) is 14.1. The molecule has 0 radical (unpaired) electrons. The molecule has 0 aliphatic carbocycles. The molecule has 0 saturated heterocycles. The van der Waals surface area contributed by atoms with Crippen molar-refractivity contribution in [1.29, 1.82) is 0 Å². The first-order valence-corrected chi connectivity index (χ1v) is 10.2. The Balaban J connectivity index is 3.54. The zero-order chi connectivity index (χ0) is 17.9. The average Bonchev–Trinajstić information content (AvgIpc) is 2.53. The van der Waals surface area contributed by atoms with Crippen LogP contribution in [-0.2, 0) is 16.0 Å². The van der Waals surface area contributed by atoms with Crippen LogP contribution in [-0.4, -0.2) is 21.8 Å². The highest BCUT2D eigenvalue weighted by atomic mass is 32.2. The van der Waals surface area contributed by atoms with Gasteiger partial charge in [-0.15, -0.1) is 0 Å². The Morgan fingerprint density at radius 1 is 0.792 bits per heavy atom. The molecule has 1 atom stereocenters. The predicted octanol–water partition coefficient (Wildman–Crippen LogP) is 5.47. The van der Waals surface area contributed by atoms with Crippen molar-refractivity contribution in [1.82, 2.24) is 0 Å². The highest BCUT2D eigenvalue weighted by molar-refractivity contribution is 7.92. The second-order valence-electron chi connectivity index (χ2n) is 5.49. The minimum absolute atomic E-state index is 0.00266. The van der Waals surface area contributed by atoms with E-state index in [0.29, 0.717) is 5.75 Å². The Kier molecular flexibility index (Phi) is 17.0. The van der Waals surface area contributed by atoms with Crippen molar-refractivity contribution in [3.05, 3.63) is 60.8 Å². The van der Waals surface area contributed by atoms with Gasteiger partial charge in [-0.05, 0) is 50.2 Å². The van der Waals surface area contributed by atoms with Crippen LogP contribution < -0.4 is 0 Å². The molecule has 24 heavy (non-hydrogen) atoms. The third kappa shape index (κ3) is 18.7. The van der Waals surface area contributed by atoms with Crippen LogP contribution in [0.1, 0.15) is 52.4 Å². The highest BCUT2D eigenvalue weighted by Crippen LogP contribution is 1.98. The second kappa shape index (κ2) is 18.0. The van der Waals surface area contributed by atoms with Gasteiger partial charge in [-0.25, -0.2) is 0 Å². The number of Topliss-reactive ketones (excluding diaryl/α,β-unsaturated/α-hetero) is 1. The van der Waals surface area contributed by atoms with Crippen molar-refractivity contribution in [2.45, 2.75) is 52.4 Å². The summed E-state index contributed by atoms with van der Waals surface area (Å²) in [5.41, 5.74) is 0. The fourth-order valence-electron chi connectivity index (χ4n) is 1.87. The van der Waals surface area contributed by atoms with Gasteiger partial charge in [-0.1, -0.05) is 67.7 Å². The predicted molar refractivity (Wildman–Crippen MR) is 108 cm³/mol. The van der Waals surface area contributed by atoms with Crippen molar-refractivity contribution in [3.63, 3.8) is 0 Å². The van der Waals surface area contributed by atoms with Gasteiger partial charge in [0.25, 0.3) is 0 Å². The Bertz CT molecular complexity index is 445. The molecule has 0 spiro atoms. The van der Waals surface area contributed by atoms with Crippen LogP contribution in [0.4, 0.5) is 0 Å². The van der Waals surface area contributed by atoms with Gasteiger partial charge in [0.15, 0.2) is 11.5 Å². The van der Waals surface area contributed by atoms with Crippen LogP contribution in [0.5, 0.6) is 0 Å². The van der Waals surface area contributed by atoms with Crippen molar-refractivity contribution >= 4 is 17.0 Å². The summed E-state index contributed by atoms with van der Waals surface area (Å²) in [7, 11) is 0. The third-order valence-corrected chi connectivity index (χ3v) is 4.45. The van der Waals surface area contributed by atoms with Crippen LogP contribution in [0.15, 0.2) is 60.8 Å². The van der Waals surface area contributed by atoms with E-state index in [9.17, 15) is 9.35 Å². The number of hydrogen-bond donors (Lipinski definition) is 0. The summed E-state index contributed by atoms with van der Waals surface area (Å²) >= 11 is -1.00. The lowest BCUT2D eigenvalue weighted by atomic mass is 10.2. The molecule has 2 nitrogen and oxygen atoms in total. The van der Waals surface area contributed by atoms with E-state index in [1.54, 1.807) is 0 Å². The van der Waals surface area contributed by atoms with Crippen LogP contribution in [0.2, 0.25) is 0 Å². The maximum atomic E-state index is 11.4. The van der Waals surface area contributed by atoms with E-state index in [1.807, 2.05) is 6.08 Å². The molecule has 0 bridgehead atoms. The van der Waals surface area contributed by atoms with E-state index in [4.69, 9.17) is 0 Å². The van der Waals surface area contributed by atoms with E-state index in [1.165, 1.54) is 6.92 Å². The molecule has 0 aliphatic rings. The summed E-state index contributed by atoms with van der Waals surface area (Å²) < 4.78 is 11.4. The van der Waals surface area contributed by atoms with Gasteiger partial charge in [-0.2, -0.15) is 0 Å². The van der Waals surface area contributed by atoms with Crippen LogP contribution in [0.3, 0.4) is 0 Å². The quantitative estimate of drug-likeness (QED) is 0.309. The summed E-state index contributed by atoms with van der Waals surface area (Å²) in [6, 6.07) is 0. The van der Waals surface area contributed by atoms with Crippen molar-refractivity contribution in [2.24, 2.45) is 0 Å². The molecule has 0 aliphatic heterocycles. The Labute approximate surface area is 151 Å². The van der Waals surface area contributed by atoms with Gasteiger partial charge in [0, 0.05) is 6.42 Å². The smallest absolute Gasteiger partial charge is 0.178 e. The number of rotatable bonds is 14. The van der Waals surface area contributed by atoms with Crippen LogP contribution in [0.25, 0.3) is 0 Å². The summed E-state index contributed by atoms with van der Waals surface area (Å²) in [6.07, 6.45) is 27.3. The SMILES string of the molecule is CC/C=C\C/C=C\C/C=C\C/C=C\C/C=C\CC[S+]([O-])CC(C)=O. The van der Waals surface area contributed by atoms with Crippen LogP contribution >= 0.6 is 0 Å². The summed E-state index contributed by atoms with van der Waals surface area (Å²) in [6.45, 7) is 3.62. The molecule has 0 heterocycles. The average molecular weight is 349 g/mol. The van der Waals surface area contributed by atoms with E-state index in [2.05, 4.69) is 61.6 Å². The second-order valence-corrected chi connectivity index (χ2v) is 7.06. The zero-order valence-corrected chi connectivity index (χ0v) is 16.0. The van der Waals surface area contributed by atoms with Crippen molar-refractivity contribution in [3.8, 4) is 0 Å². The Hall–Kier alpha value is -1.32. The highest BCUT2D eigenvalue weighted by Gasteiger charge is 2.06. The molecule has 0 aromatic carbocycles. The third-order valence-electron chi connectivity index (χ3n) is 3.03. The monoisotopic (exact) mass is 348 g/mol. The van der Waals surface area contributed by atoms with Gasteiger partial charge in [0.05, 0.1) is 0 Å². The van der Waals surface area contributed by atoms with Crippen LogP contribution in [0, 0.1) is 0 Å². The number of hydrogen-bond acceptors (Lipinski definition) is 2. The molecular weight excluding hydrogens is 316 g/mol.